The highest BCUT2D eigenvalue weighted by atomic mass is 79.9. The number of rotatable bonds is 8. The second-order valence-electron chi connectivity index (χ2n) is 14.6. The van der Waals surface area contributed by atoms with E-state index in [0.29, 0.717) is 18.0 Å². The second kappa shape index (κ2) is 18.4. The van der Waals surface area contributed by atoms with Gasteiger partial charge in [-0.05, 0) is 82.1 Å². The number of carbonyl (C=O) groups excluding carboxylic acids is 5. The summed E-state index contributed by atoms with van der Waals surface area (Å²) in [6.45, 7) is 9.87. The summed E-state index contributed by atoms with van der Waals surface area (Å²) in [6, 6.07) is 1.50. The second-order valence-corrected chi connectivity index (χ2v) is 15.9. The molecular formula is C36H53BrClN5O7. The van der Waals surface area contributed by atoms with Gasteiger partial charge in [-0.1, -0.05) is 53.5 Å². The topological polar surface area (TPSA) is 138 Å². The summed E-state index contributed by atoms with van der Waals surface area (Å²) >= 11 is 9.85. The Morgan fingerprint density at radius 3 is 2.44 bits per heavy atom. The van der Waals surface area contributed by atoms with E-state index in [1.807, 2.05) is 13.8 Å². The molecule has 0 bridgehead atoms. The predicted octanol–water partition coefficient (Wildman–Crippen LogP) is 4.57. The van der Waals surface area contributed by atoms with Gasteiger partial charge in [-0.2, -0.15) is 0 Å². The average Bonchev–Trinajstić information content (AvgIpc) is 3.87. The van der Waals surface area contributed by atoms with E-state index in [1.165, 1.54) is 21.7 Å². The fraction of sp³-hybridized carbons (Fsp3) is 0.639. The molecular weight excluding hydrogens is 730 g/mol. The zero-order valence-corrected chi connectivity index (χ0v) is 32.8. The summed E-state index contributed by atoms with van der Waals surface area (Å²) < 4.78 is 11.9. The van der Waals surface area contributed by atoms with E-state index in [1.54, 1.807) is 65.2 Å². The van der Waals surface area contributed by atoms with Crippen LogP contribution in [-0.4, -0.2) is 115 Å². The summed E-state index contributed by atoms with van der Waals surface area (Å²) in [6.07, 6.45) is 4.93. The fourth-order valence-electron chi connectivity index (χ4n) is 5.73. The van der Waals surface area contributed by atoms with Crippen molar-refractivity contribution < 1.29 is 33.4 Å². The third kappa shape index (κ3) is 12.3. The maximum Gasteiger partial charge on any atom is 0.408 e. The molecule has 1 heterocycles. The van der Waals surface area contributed by atoms with E-state index >= 15 is 0 Å². The molecule has 1 aromatic carbocycles. The number of ether oxygens (including phenoxy) is 2. The molecule has 0 spiro atoms. The minimum atomic E-state index is -1.01. The third-order valence-electron chi connectivity index (χ3n) is 8.68. The van der Waals surface area contributed by atoms with Gasteiger partial charge in [-0.25, -0.2) is 4.79 Å². The van der Waals surface area contributed by atoms with Crippen molar-refractivity contribution in [2.75, 3.05) is 40.9 Å². The molecule has 0 radical (unpaired) electrons. The highest BCUT2D eigenvalue weighted by Gasteiger charge is 2.42. The number of nitrogens with one attached hydrogen (secondary N) is 2. The van der Waals surface area contributed by atoms with E-state index in [0.717, 1.165) is 22.9 Å². The first-order valence-corrected chi connectivity index (χ1v) is 18.3. The quantitative estimate of drug-likeness (QED) is 0.369. The largest absolute Gasteiger partial charge is 0.444 e. The minimum Gasteiger partial charge on any atom is -0.444 e. The molecule has 4 atom stereocenters. The molecule has 2 N–H and O–H groups in total. The first-order chi connectivity index (χ1) is 23.4. The van der Waals surface area contributed by atoms with Gasteiger partial charge in [0.1, 0.15) is 29.8 Å². The third-order valence-corrected chi connectivity index (χ3v) is 9.69. The van der Waals surface area contributed by atoms with Crippen LogP contribution >= 0.6 is 27.5 Å². The van der Waals surface area contributed by atoms with E-state index < -0.39 is 53.6 Å². The number of hydrogen-bond acceptors (Lipinski definition) is 7. The Morgan fingerprint density at radius 1 is 1.14 bits per heavy atom. The summed E-state index contributed by atoms with van der Waals surface area (Å²) in [7, 11) is 4.76. The summed E-state index contributed by atoms with van der Waals surface area (Å²) in [4.78, 5) is 73.2. The molecule has 0 unspecified atom stereocenters. The molecule has 1 fully saturated rings. The fourth-order valence-corrected chi connectivity index (χ4v) is 6.33. The van der Waals surface area contributed by atoms with Crippen LogP contribution in [0.5, 0.6) is 0 Å². The van der Waals surface area contributed by atoms with Crippen LogP contribution in [0, 0.1) is 11.8 Å². The molecule has 0 aromatic heterocycles. The van der Waals surface area contributed by atoms with E-state index in [2.05, 4.69) is 26.6 Å². The van der Waals surface area contributed by atoms with Crippen LogP contribution < -0.4 is 10.6 Å². The molecule has 14 heteroatoms. The monoisotopic (exact) mass is 781 g/mol. The molecule has 2 aliphatic rings. The maximum absolute atomic E-state index is 14.3. The van der Waals surface area contributed by atoms with E-state index in [4.69, 9.17) is 21.1 Å². The van der Waals surface area contributed by atoms with Crippen LogP contribution in [0.25, 0.3) is 0 Å². The molecule has 278 valence electrons. The molecule has 0 saturated heterocycles. The summed E-state index contributed by atoms with van der Waals surface area (Å²) in [5.74, 6) is -1.76. The lowest BCUT2D eigenvalue weighted by molar-refractivity contribution is -0.147. The lowest BCUT2D eigenvalue weighted by Gasteiger charge is -2.35. The highest BCUT2D eigenvalue weighted by Crippen LogP contribution is 2.34. The van der Waals surface area contributed by atoms with Crippen molar-refractivity contribution in [3.63, 3.8) is 0 Å². The van der Waals surface area contributed by atoms with Crippen molar-refractivity contribution in [2.24, 2.45) is 11.8 Å². The van der Waals surface area contributed by atoms with Crippen molar-refractivity contribution >= 4 is 57.3 Å². The molecule has 50 heavy (non-hydrogen) atoms. The van der Waals surface area contributed by atoms with Crippen LogP contribution in [0.3, 0.4) is 0 Å². The number of alkyl carbamates (subject to hydrolysis) is 1. The van der Waals surface area contributed by atoms with Gasteiger partial charge in [0.25, 0.3) is 0 Å². The van der Waals surface area contributed by atoms with Gasteiger partial charge in [-0.3, -0.25) is 19.2 Å². The molecule has 1 aliphatic carbocycles. The zero-order chi connectivity index (χ0) is 37.3. The van der Waals surface area contributed by atoms with Crippen LogP contribution in [0.2, 0.25) is 5.02 Å². The first-order valence-electron chi connectivity index (χ1n) is 17.1. The number of likely N-dealkylation sites (N-methyl/N-ethyl adjacent to an activating group) is 3. The Kier molecular flexibility index (Phi) is 15.2. The van der Waals surface area contributed by atoms with Gasteiger partial charge in [0.05, 0.1) is 13.2 Å². The Hall–Kier alpha value is -3.16. The van der Waals surface area contributed by atoms with E-state index in [-0.39, 0.29) is 43.8 Å². The van der Waals surface area contributed by atoms with Crippen LogP contribution in [0.4, 0.5) is 4.79 Å². The summed E-state index contributed by atoms with van der Waals surface area (Å²) in [5.41, 5.74) is -0.00734. The Labute approximate surface area is 309 Å². The molecule has 5 amide bonds. The molecule has 1 saturated carbocycles. The van der Waals surface area contributed by atoms with Gasteiger partial charge >= 0.3 is 6.09 Å². The van der Waals surface area contributed by atoms with Crippen LogP contribution in [0.1, 0.15) is 65.9 Å². The van der Waals surface area contributed by atoms with Crippen molar-refractivity contribution in [2.45, 2.75) is 96.5 Å². The lowest BCUT2D eigenvalue weighted by Crippen LogP contribution is -2.59. The first kappa shape index (κ1) is 41.3. The van der Waals surface area contributed by atoms with Gasteiger partial charge in [0.15, 0.2) is 0 Å². The number of amides is 5. The molecule has 12 nitrogen and oxygen atoms in total. The normalized spacial score (nSPS) is 22.9. The standard InChI is InChI=1S/C36H53BrClN5O7/c1-22(2)19-27-32(45)43(8)29(21-24-20-25(38)14-15-26(24)37)33(46)41(6)16-18-49-17-10-9-11-28(31(44)39-27)42(7)34(47)30(23-12-13-23)40-35(48)50-36(3,4)5/h9-10,14-15,20,22-23,27-30H,11-13,16-19,21H2,1-8H3,(H,39,44)(H,40,48)/b10-9+/t27-,28-,29-,30-/m0/s1. The average molecular weight is 783 g/mol. The van der Waals surface area contributed by atoms with E-state index in [9.17, 15) is 24.0 Å². The molecule has 1 aromatic rings. The number of nitrogens with zero attached hydrogens (tertiary/aromatic N) is 3. The van der Waals surface area contributed by atoms with Crippen LogP contribution in [0.15, 0.2) is 34.8 Å². The van der Waals surface area contributed by atoms with Crippen molar-refractivity contribution in [3.8, 4) is 0 Å². The maximum atomic E-state index is 14.3. The highest BCUT2D eigenvalue weighted by molar-refractivity contribution is 9.10. The lowest BCUT2D eigenvalue weighted by atomic mass is 9.98. The zero-order valence-electron chi connectivity index (χ0n) is 30.5. The number of hydrogen-bond donors (Lipinski definition) is 2. The van der Waals surface area contributed by atoms with Gasteiger partial charge in [0.2, 0.25) is 23.6 Å². The van der Waals surface area contributed by atoms with Crippen LogP contribution in [-0.2, 0) is 35.1 Å². The number of halogens is 2. The summed E-state index contributed by atoms with van der Waals surface area (Å²) in [5, 5.41) is 6.14. The van der Waals surface area contributed by atoms with Crippen molar-refractivity contribution in [3.05, 3.63) is 45.4 Å². The Bertz CT molecular complexity index is 1410. The minimum absolute atomic E-state index is 0.00859. The Morgan fingerprint density at radius 2 is 1.82 bits per heavy atom. The SMILES string of the molecule is CC(C)C[C@@H]1NC(=O)[C@@H](N(C)C(=O)[C@@H](NC(=O)OC(C)(C)C)C2CC2)C/C=C/COCCN(C)C(=O)[C@H](Cc2cc(Cl)ccc2Br)N(C)C1=O. The van der Waals surface area contributed by atoms with Crippen molar-refractivity contribution in [1.29, 1.82) is 0 Å². The number of carbonyl (C=O) groups is 5. The smallest absolute Gasteiger partial charge is 0.408 e. The van der Waals surface area contributed by atoms with Crippen molar-refractivity contribution in [1.82, 2.24) is 25.3 Å². The molecule has 1 aliphatic heterocycles. The molecule has 3 rings (SSSR count). The van der Waals surface area contributed by atoms with Gasteiger partial charge in [0, 0.05) is 43.6 Å². The van der Waals surface area contributed by atoms with Gasteiger partial charge in [-0.15, -0.1) is 0 Å². The Balaban J connectivity index is 1.96. The predicted molar refractivity (Wildman–Crippen MR) is 195 cm³/mol. The van der Waals surface area contributed by atoms with Gasteiger partial charge < -0.3 is 34.8 Å². The number of benzene rings is 1.